The van der Waals surface area contributed by atoms with Crippen LogP contribution in [0.1, 0.15) is 64.7 Å². The van der Waals surface area contributed by atoms with Crippen LogP contribution in [0.15, 0.2) is 0 Å². The molecule has 3 unspecified atom stereocenters. The summed E-state index contributed by atoms with van der Waals surface area (Å²) in [7, 11) is 4.49. The molecule has 0 bridgehead atoms. The maximum Gasteiger partial charge on any atom is 0.0357 e. The topological polar surface area (TPSA) is 29.3 Å². The van der Waals surface area contributed by atoms with E-state index in [9.17, 15) is 0 Å². The number of nitrogens with two attached hydrogens (primary N) is 1. The van der Waals surface area contributed by atoms with Crippen molar-refractivity contribution < 1.29 is 0 Å². The molecule has 0 radical (unpaired) electrons. The minimum Gasteiger partial charge on any atom is -0.326 e. The van der Waals surface area contributed by atoms with Crippen LogP contribution in [0.5, 0.6) is 0 Å². The number of rotatable bonds is 3. The van der Waals surface area contributed by atoms with Crippen LogP contribution in [0.25, 0.3) is 0 Å². The Balaban J connectivity index is 2.09. The fraction of sp³-hybridized carbons (Fsp3) is 1.00. The normalized spacial score (nSPS) is 34.5. The van der Waals surface area contributed by atoms with Crippen molar-refractivity contribution >= 4 is 0 Å². The van der Waals surface area contributed by atoms with Crippen LogP contribution in [0, 0.1) is 11.8 Å². The summed E-state index contributed by atoms with van der Waals surface area (Å²) < 4.78 is 0. The van der Waals surface area contributed by atoms with Crippen molar-refractivity contribution in [1.29, 1.82) is 0 Å². The zero-order valence-electron chi connectivity index (χ0n) is 12.6. The van der Waals surface area contributed by atoms with Gasteiger partial charge in [-0.2, -0.15) is 0 Å². The van der Waals surface area contributed by atoms with Gasteiger partial charge in [0.1, 0.15) is 0 Å². The highest BCUT2D eigenvalue weighted by atomic mass is 15.2. The van der Waals surface area contributed by atoms with Gasteiger partial charge in [0.05, 0.1) is 0 Å². The molecule has 2 heteroatoms. The molecule has 2 fully saturated rings. The Bertz CT molecular complexity index is 256. The summed E-state index contributed by atoms with van der Waals surface area (Å²) in [5.41, 5.74) is 7.07. The van der Waals surface area contributed by atoms with E-state index in [1.165, 1.54) is 57.8 Å². The van der Waals surface area contributed by atoms with Crippen molar-refractivity contribution in [3.8, 4) is 0 Å². The molecule has 0 aromatic carbocycles. The van der Waals surface area contributed by atoms with Gasteiger partial charge in [0.2, 0.25) is 0 Å². The molecule has 2 aliphatic rings. The number of likely N-dealkylation sites (N-methyl/N-ethyl adjacent to an activating group) is 1. The maximum absolute atomic E-state index is 6.78. The van der Waals surface area contributed by atoms with Gasteiger partial charge in [-0.15, -0.1) is 0 Å². The van der Waals surface area contributed by atoms with Crippen LogP contribution >= 0.6 is 0 Å². The molecule has 0 amide bonds. The van der Waals surface area contributed by atoms with Gasteiger partial charge in [0.15, 0.2) is 0 Å². The maximum atomic E-state index is 6.78. The first-order valence-electron chi connectivity index (χ1n) is 7.99. The Morgan fingerprint density at radius 2 is 1.72 bits per heavy atom. The molecule has 2 N–H and O–H groups in total. The molecular weight excluding hydrogens is 220 g/mol. The van der Waals surface area contributed by atoms with E-state index >= 15 is 0 Å². The Labute approximate surface area is 113 Å². The van der Waals surface area contributed by atoms with Gasteiger partial charge in [-0.3, -0.25) is 0 Å². The van der Waals surface area contributed by atoms with Crippen LogP contribution in [-0.4, -0.2) is 30.6 Å². The lowest BCUT2D eigenvalue weighted by Gasteiger charge is -2.50. The second-order valence-corrected chi connectivity index (χ2v) is 7.12. The Hall–Kier alpha value is -0.0800. The monoisotopic (exact) mass is 252 g/mol. The van der Waals surface area contributed by atoms with E-state index in [1.807, 2.05) is 0 Å². The van der Waals surface area contributed by atoms with Crippen LogP contribution in [-0.2, 0) is 0 Å². The summed E-state index contributed by atoms with van der Waals surface area (Å²) in [6, 6.07) is 0.385. The zero-order chi connectivity index (χ0) is 13.2. The minimum atomic E-state index is 0.292. The Kier molecular flexibility index (Phi) is 4.71. The zero-order valence-corrected chi connectivity index (χ0v) is 12.6. The highest BCUT2D eigenvalue weighted by Gasteiger charge is 2.43. The molecule has 18 heavy (non-hydrogen) atoms. The summed E-state index contributed by atoms with van der Waals surface area (Å²) in [6.45, 7) is 2.40. The van der Waals surface area contributed by atoms with Crippen LogP contribution in [0.3, 0.4) is 0 Å². The number of hydrogen-bond donors (Lipinski definition) is 1. The lowest BCUT2D eigenvalue weighted by atomic mass is 9.67. The van der Waals surface area contributed by atoms with Crippen LogP contribution < -0.4 is 5.73 Å². The van der Waals surface area contributed by atoms with E-state index in [1.54, 1.807) is 0 Å². The molecule has 0 heterocycles. The third-order valence-electron chi connectivity index (χ3n) is 5.72. The summed E-state index contributed by atoms with van der Waals surface area (Å²) >= 11 is 0. The Morgan fingerprint density at radius 1 is 1.06 bits per heavy atom. The molecule has 0 aliphatic heterocycles. The highest BCUT2D eigenvalue weighted by molar-refractivity contribution is 5.02. The van der Waals surface area contributed by atoms with E-state index in [4.69, 9.17) is 5.73 Å². The van der Waals surface area contributed by atoms with Crippen molar-refractivity contribution in [2.24, 2.45) is 17.6 Å². The molecule has 2 aliphatic carbocycles. The van der Waals surface area contributed by atoms with E-state index in [0.717, 1.165) is 11.8 Å². The molecule has 3 atom stereocenters. The third kappa shape index (κ3) is 2.75. The average molecular weight is 252 g/mol. The second kappa shape index (κ2) is 5.92. The van der Waals surface area contributed by atoms with Gasteiger partial charge in [0, 0.05) is 11.6 Å². The average Bonchev–Trinajstić information content (AvgIpc) is 2.38. The molecule has 106 valence electrons. The van der Waals surface area contributed by atoms with E-state index in [0.29, 0.717) is 11.6 Å². The SMILES string of the molecule is CC1CCCC(C(N)C2(N(C)C)CCCCC2)C1. The Morgan fingerprint density at radius 3 is 2.28 bits per heavy atom. The van der Waals surface area contributed by atoms with Gasteiger partial charge in [0.25, 0.3) is 0 Å². The van der Waals surface area contributed by atoms with E-state index in [2.05, 4.69) is 25.9 Å². The molecule has 0 aromatic heterocycles. The third-order valence-corrected chi connectivity index (χ3v) is 5.72. The van der Waals surface area contributed by atoms with Crippen molar-refractivity contribution in [1.82, 2.24) is 4.90 Å². The second-order valence-electron chi connectivity index (χ2n) is 7.12. The van der Waals surface area contributed by atoms with Gasteiger partial charge in [-0.1, -0.05) is 39.0 Å². The predicted molar refractivity (Wildman–Crippen MR) is 78.6 cm³/mol. The van der Waals surface area contributed by atoms with Gasteiger partial charge in [-0.25, -0.2) is 0 Å². The molecule has 0 spiro atoms. The molecule has 2 nitrogen and oxygen atoms in total. The minimum absolute atomic E-state index is 0.292. The molecular formula is C16H32N2. The standard InChI is InChI=1S/C16H32N2/c1-13-8-7-9-14(12-13)15(17)16(18(2)3)10-5-4-6-11-16/h13-15H,4-12,17H2,1-3H3. The molecule has 2 saturated carbocycles. The van der Waals surface area contributed by atoms with Gasteiger partial charge in [-0.05, 0) is 51.6 Å². The highest BCUT2D eigenvalue weighted by Crippen LogP contribution is 2.41. The van der Waals surface area contributed by atoms with Crippen molar-refractivity contribution in [3.63, 3.8) is 0 Å². The lowest BCUT2D eigenvalue weighted by molar-refractivity contribution is 0.0358. The van der Waals surface area contributed by atoms with Gasteiger partial charge < -0.3 is 10.6 Å². The first kappa shape index (κ1) is 14.3. The van der Waals surface area contributed by atoms with Crippen LogP contribution in [0.2, 0.25) is 0 Å². The molecule has 0 aromatic rings. The first-order valence-corrected chi connectivity index (χ1v) is 7.99. The van der Waals surface area contributed by atoms with Crippen molar-refractivity contribution in [3.05, 3.63) is 0 Å². The molecule has 0 saturated heterocycles. The largest absolute Gasteiger partial charge is 0.326 e. The van der Waals surface area contributed by atoms with Gasteiger partial charge >= 0.3 is 0 Å². The number of nitrogens with zero attached hydrogens (tertiary/aromatic N) is 1. The number of hydrogen-bond acceptors (Lipinski definition) is 2. The molecule has 2 rings (SSSR count). The van der Waals surface area contributed by atoms with E-state index in [-0.39, 0.29) is 0 Å². The fourth-order valence-electron chi connectivity index (χ4n) is 4.49. The summed E-state index contributed by atoms with van der Waals surface area (Å²) in [5.74, 6) is 1.65. The fourth-order valence-corrected chi connectivity index (χ4v) is 4.49. The summed E-state index contributed by atoms with van der Waals surface area (Å²) in [6.07, 6.45) is 12.3. The quantitative estimate of drug-likeness (QED) is 0.834. The summed E-state index contributed by atoms with van der Waals surface area (Å²) in [4.78, 5) is 2.45. The van der Waals surface area contributed by atoms with Crippen LogP contribution in [0.4, 0.5) is 0 Å². The van der Waals surface area contributed by atoms with E-state index < -0.39 is 0 Å². The van der Waals surface area contributed by atoms with Crippen molar-refractivity contribution in [2.45, 2.75) is 76.3 Å². The smallest absolute Gasteiger partial charge is 0.0357 e. The van der Waals surface area contributed by atoms with Crippen molar-refractivity contribution in [2.75, 3.05) is 14.1 Å². The lowest BCUT2D eigenvalue weighted by Crippen LogP contribution is -2.61. The summed E-state index contributed by atoms with van der Waals surface area (Å²) in [5, 5.41) is 0. The first-order chi connectivity index (χ1) is 8.56. The predicted octanol–water partition coefficient (Wildman–Crippen LogP) is 3.40.